The summed E-state index contributed by atoms with van der Waals surface area (Å²) in [5.74, 6) is 0.126. The van der Waals surface area contributed by atoms with Crippen LogP contribution in [0.3, 0.4) is 0 Å². The molecule has 1 fully saturated rings. The lowest BCUT2D eigenvalue weighted by Gasteiger charge is -2.12. The van der Waals surface area contributed by atoms with Crippen LogP contribution >= 0.6 is 11.6 Å². The Morgan fingerprint density at radius 1 is 1.04 bits per heavy atom. The number of benzene rings is 2. The van der Waals surface area contributed by atoms with E-state index >= 15 is 0 Å². The molecule has 0 bridgehead atoms. The number of nitrogens with one attached hydrogen (secondary N) is 5. The summed E-state index contributed by atoms with van der Waals surface area (Å²) in [5, 5.41) is 5.93. The summed E-state index contributed by atoms with van der Waals surface area (Å²) in [6.07, 6.45) is 0. The van der Waals surface area contributed by atoms with Gasteiger partial charge in [0.15, 0.2) is 0 Å². The van der Waals surface area contributed by atoms with Gasteiger partial charge in [0.05, 0.1) is 5.75 Å². The smallest absolute Gasteiger partial charge is 0.319 e. The molecule has 0 spiro atoms. The van der Waals surface area contributed by atoms with Gasteiger partial charge in [-0.2, -0.15) is 0 Å². The highest BCUT2D eigenvalue weighted by atomic mass is 35.5. The number of hydrogen-bond donors (Lipinski definition) is 5. The van der Waals surface area contributed by atoms with Gasteiger partial charge in [0.25, 0.3) is 0 Å². The van der Waals surface area contributed by atoms with Gasteiger partial charge in [0.1, 0.15) is 0 Å². The van der Waals surface area contributed by atoms with Crippen molar-refractivity contribution in [2.24, 2.45) is 5.92 Å². The van der Waals surface area contributed by atoms with Crippen LogP contribution in [0.5, 0.6) is 0 Å². The number of sulfonamides is 1. The minimum Gasteiger partial charge on any atom is -0.337 e. The Balaban J connectivity index is 1.52. The van der Waals surface area contributed by atoms with Crippen molar-refractivity contribution in [3.63, 3.8) is 0 Å². The van der Waals surface area contributed by atoms with Crippen LogP contribution in [0.25, 0.3) is 0 Å². The molecule has 0 aromatic heterocycles. The average molecular weight is 424 g/mol. The van der Waals surface area contributed by atoms with E-state index < -0.39 is 10.0 Å². The van der Waals surface area contributed by atoms with E-state index in [1.54, 1.807) is 48.5 Å². The van der Waals surface area contributed by atoms with E-state index in [0.29, 0.717) is 34.4 Å². The maximum absolute atomic E-state index is 12.3. The summed E-state index contributed by atoms with van der Waals surface area (Å²) in [5.41, 5.74) is 7.50. The lowest BCUT2D eigenvalue weighted by atomic mass is 10.2. The molecule has 1 aliphatic heterocycles. The van der Waals surface area contributed by atoms with E-state index in [2.05, 4.69) is 26.2 Å². The van der Waals surface area contributed by atoms with Crippen molar-refractivity contribution in [1.29, 1.82) is 0 Å². The highest BCUT2D eigenvalue weighted by Crippen LogP contribution is 2.20. The molecule has 0 radical (unpaired) electrons. The third-order valence-electron chi connectivity index (χ3n) is 4.18. The molecule has 28 heavy (non-hydrogen) atoms. The molecule has 0 unspecified atom stereocenters. The predicted molar refractivity (Wildman–Crippen MR) is 111 cm³/mol. The predicted octanol–water partition coefficient (Wildman–Crippen LogP) is 2.13. The van der Waals surface area contributed by atoms with Crippen LogP contribution in [0, 0.1) is 5.92 Å². The van der Waals surface area contributed by atoms with E-state index in [0.717, 1.165) is 13.1 Å². The maximum Gasteiger partial charge on any atom is 0.319 e. The minimum atomic E-state index is -3.61. The molecule has 2 amide bonds. The fourth-order valence-electron chi connectivity index (χ4n) is 2.72. The van der Waals surface area contributed by atoms with Crippen LogP contribution in [0.1, 0.15) is 5.56 Å². The summed E-state index contributed by atoms with van der Waals surface area (Å²) in [6.45, 7) is 2.18. The second-order valence-corrected chi connectivity index (χ2v) is 8.62. The van der Waals surface area contributed by atoms with Gasteiger partial charge in [0, 0.05) is 41.9 Å². The Hall–Kier alpha value is -2.33. The fraction of sp³-hybridized carbons (Fsp3) is 0.278. The van der Waals surface area contributed by atoms with Crippen LogP contribution in [-0.2, 0) is 15.8 Å². The number of hydrogen-bond acceptors (Lipinski definition) is 5. The molecule has 1 aliphatic rings. The first-order valence-electron chi connectivity index (χ1n) is 8.76. The van der Waals surface area contributed by atoms with Crippen molar-refractivity contribution in [2.45, 2.75) is 5.75 Å². The molecule has 1 heterocycles. The van der Waals surface area contributed by atoms with E-state index in [4.69, 9.17) is 11.6 Å². The van der Waals surface area contributed by atoms with Gasteiger partial charge >= 0.3 is 6.03 Å². The number of rotatable bonds is 7. The number of hydrazine groups is 1. The molecular weight excluding hydrogens is 402 g/mol. The summed E-state index contributed by atoms with van der Waals surface area (Å²) in [4.78, 5) is 11.9. The SMILES string of the molecule is O=C(NCC1CNNC1)Nc1ccc(NS(=O)(=O)Cc2ccccc2Cl)cc1. The molecule has 150 valence electrons. The molecule has 2 aromatic rings. The third-order valence-corrected chi connectivity index (χ3v) is 5.78. The maximum atomic E-state index is 12.3. The molecule has 0 atom stereocenters. The van der Waals surface area contributed by atoms with Crippen LogP contribution in [0.2, 0.25) is 5.02 Å². The van der Waals surface area contributed by atoms with Gasteiger partial charge in [-0.15, -0.1) is 0 Å². The van der Waals surface area contributed by atoms with Crippen LogP contribution in [0.4, 0.5) is 16.2 Å². The Morgan fingerprint density at radius 3 is 2.36 bits per heavy atom. The standard InChI is InChI=1S/C18H22ClN5O3S/c19-17-4-2-1-3-14(17)12-28(26,27)24-16-7-5-15(6-8-16)23-18(25)20-9-13-10-21-22-11-13/h1-8,13,21-22,24H,9-12H2,(H2,20,23,25). The molecule has 10 heteroatoms. The number of amides is 2. The first-order valence-corrected chi connectivity index (χ1v) is 10.8. The van der Waals surface area contributed by atoms with E-state index in [-0.39, 0.29) is 11.8 Å². The Labute approximate surface area is 169 Å². The van der Waals surface area contributed by atoms with E-state index in [9.17, 15) is 13.2 Å². The normalized spacial score (nSPS) is 14.6. The van der Waals surface area contributed by atoms with Crippen molar-refractivity contribution < 1.29 is 13.2 Å². The molecule has 5 N–H and O–H groups in total. The van der Waals surface area contributed by atoms with Gasteiger partial charge in [-0.3, -0.25) is 15.6 Å². The monoisotopic (exact) mass is 423 g/mol. The topological polar surface area (TPSA) is 111 Å². The molecule has 3 rings (SSSR count). The highest BCUT2D eigenvalue weighted by molar-refractivity contribution is 7.91. The Bertz CT molecular complexity index is 915. The first-order chi connectivity index (χ1) is 13.4. The average Bonchev–Trinajstić information content (AvgIpc) is 3.17. The molecule has 2 aromatic carbocycles. The Morgan fingerprint density at radius 2 is 1.68 bits per heavy atom. The quantitative estimate of drug-likeness (QED) is 0.468. The lowest BCUT2D eigenvalue weighted by Crippen LogP contribution is -2.34. The number of carbonyl (C=O) groups excluding carboxylic acids is 1. The van der Waals surface area contributed by atoms with E-state index in [1.807, 2.05) is 0 Å². The zero-order chi connectivity index (χ0) is 20.0. The van der Waals surface area contributed by atoms with Gasteiger partial charge in [-0.1, -0.05) is 29.8 Å². The summed E-state index contributed by atoms with van der Waals surface area (Å²) in [6, 6.07) is 12.9. The zero-order valence-electron chi connectivity index (χ0n) is 15.0. The van der Waals surface area contributed by atoms with Crippen molar-refractivity contribution in [3.05, 3.63) is 59.1 Å². The van der Waals surface area contributed by atoms with Gasteiger partial charge < -0.3 is 10.6 Å². The fourth-order valence-corrected chi connectivity index (χ4v) is 4.23. The zero-order valence-corrected chi connectivity index (χ0v) is 16.6. The number of carbonyl (C=O) groups is 1. The Kier molecular flexibility index (Phi) is 6.74. The molecule has 1 saturated heterocycles. The van der Waals surface area contributed by atoms with E-state index in [1.165, 1.54) is 0 Å². The third kappa shape index (κ3) is 6.10. The largest absolute Gasteiger partial charge is 0.337 e. The number of halogens is 1. The van der Waals surface area contributed by atoms with Crippen molar-refractivity contribution in [3.8, 4) is 0 Å². The molecule has 0 aliphatic carbocycles. The lowest BCUT2D eigenvalue weighted by molar-refractivity contribution is 0.250. The second kappa shape index (κ2) is 9.24. The summed E-state index contributed by atoms with van der Waals surface area (Å²) < 4.78 is 27.2. The van der Waals surface area contributed by atoms with Gasteiger partial charge in [-0.25, -0.2) is 13.2 Å². The van der Waals surface area contributed by atoms with Gasteiger partial charge in [0.2, 0.25) is 10.0 Å². The molecule has 8 nitrogen and oxygen atoms in total. The molecular formula is C18H22ClN5O3S. The van der Waals surface area contributed by atoms with Crippen molar-refractivity contribution >= 4 is 39.0 Å². The van der Waals surface area contributed by atoms with Crippen LogP contribution in [-0.4, -0.2) is 34.1 Å². The van der Waals surface area contributed by atoms with Crippen LogP contribution in [0.15, 0.2) is 48.5 Å². The summed E-state index contributed by atoms with van der Waals surface area (Å²) >= 11 is 6.02. The first kappa shape index (κ1) is 20.4. The van der Waals surface area contributed by atoms with Crippen molar-refractivity contribution in [2.75, 3.05) is 29.7 Å². The number of anilines is 2. The number of urea groups is 1. The van der Waals surface area contributed by atoms with Gasteiger partial charge in [-0.05, 0) is 35.9 Å². The minimum absolute atomic E-state index is 0.222. The van der Waals surface area contributed by atoms with Crippen molar-refractivity contribution in [1.82, 2.24) is 16.2 Å². The second-order valence-electron chi connectivity index (χ2n) is 6.49. The highest BCUT2D eigenvalue weighted by Gasteiger charge is 2.15. The van der Waals surface area contributed by atoms with Crippen LogP contribution < -0.4 is 26.2 Å². The molecule has 0 saturated carbocycles. The summed E-state index contributed by atoms with van der Waals surface area (Å²) in [7, 11) is -3.61.